The normalized spacial score (nSPS) is 33.0. The fraction of sp³-hybridized carbons (Fsp3) is 0.444. The van der Waals surface area contributed by atoms with E-state index in [9.17, 15) is 55.9 Å². The first-order chi connectivity index (χ1) is 20.4. The van der Waals surface area contributed by atoms with Crippen LogP contribution in [0.25, 0.3) is 22.3 Å². The van der Waals surface area contributed by atoms with E-state index in [4.69, 9.17) is 23.4 Å². The number of aliphatic hydroxyl groups is 7. The zero-order valence-electron chi connectivity index (χ0n) is 22.1. The van der Waals surface area contributed by atoms with E-state index in [1.54, 1.807) is 0 Å². The summed E-state index contributed by atoms with van der Waals surface area (Å²) in [5, 5.41) is 100. The van der Waals surface area contributed by atoms with Gasteiger partial charge in [0.25, 0.3) is 0 Å². The summed E-state index contributed by atoms with van der Waals surface area (Å²) in [4.78, 5) is 12.6. The molecule has 43 heavy (non-hydrogen) atoms. The van der Waals surface area contributed by atoms with Gasteiger partial charge in [-0.05, 0) is 24.3 Å². The quantitative estimate of drug-likeness (QED) is 0.0985. The summed E-state index contributed by atoms with van der Waals surface area (Å²) in [7, 11) is 0. The van der Waals surface area contributed by atoms with Crippen LogP contribution in [0.3, 0.4) is 0 Å². The molecule has 2 aliphatic rings. The summed E-state index contributed by atoms with van der Waals surface area (Å²) in [5.41, 5.74) is -0.835. The molecule has 10 atom stereocenters. The van der Waals surface area contributed by atoms with Crippen molar-refractivity contribution in [2.24, 2.45) is 0 Å². The summed E-state index contributed by atoms with van der Waals surface area (Å²) in [6, 6.07) is 7.51. The largest absolute Gasteiger partial charge is 0.507 e. The third-order valence-corrected chi connectivity index (χ3v) is 7.29. The lowest BCUT2D eigenvalue weighted by atomic mass is 9.97. The van der Waals surface area contributed by atoms with E-state index in [0.717, 1.165) is 12.1 Å². The highest BCUT2D eigenvalue weighted by molar-refractivity contribution is 5.91. The molecule has 234 valence electrons. The lowest BCUT2D eigenvalue weighted by Gasteiger charge is -2.45. The first-order valence-corrected chi connectivity index (χ1v) is 13.0. The van der Waals surface area contributed by atoms with Gasteiger partial charge in [-0.15, -0.1) is 0 Å². The van der Waals surface area contributed by atoms with Crippen LogP contribution in [0.2, 0.25) is 0 Å². The number of aliphatic hydroxyl groups excluding tert-OH is 7. The van der Waals surface area contributed by atoms with Crippen LogP contribution in [0.15, 0.2) is 45.6 Å². The standard InChI is InChI=1S/C27H30O16/c28-7-15-19(34)21(36)23(38)26(41-15)43-25-22(37)20(35)16(8-29)42-27(25)39-10-3-1-9(2-4-10)14-6-12(31)17-11(30)5-13(32)18(33)24(17)40-14/h1-6,15-16,19-23,25-30,32-38H,7-8H2/t15-,16-,19-,20-,21-,22+,23-,25-,26-,27-/m0/s1. The van der Waals surface area contributed by atoms with Crippen molar-refractivity contribution >= 4 is 11.0 Å². The van der Waals surface area contributed by atoms with Gasteiger partial charge in [-0.3, -0.25) is 4.79 Å². The Balaban J connectivity index is 1.40. The van der Waals surface area contributed by atoms with E-state index in [1.165, 1.54) is 24.3 Å². The first-order valence-electron chi connectivity index (χ1n) is 13.0. The van der Waals surface area contributed by atoms with Crippen molar-refractivity contribution in [3.8, 4) is 34.3 Å². The molecule has 1 aromatic heterocycles. The SMILES string of the molecule is O=c1cc(-c2ccc(O[C@H]3O[C@@H](CO)[C@H](O)[C@@H](O)[C@@H]3O[C@@H]3O[C@@H](CO)[C@H](O)[C@H](O)[C@@H]3O)cc2)oc2c(O)c(O)cc(O)c12. The molecular formula is C27H30O16. The van der Waals surface area contributed by atoms with Crippen LogP contribution in [-0.4, -0.2) is 126 Å². The minimum absolute atomic E-state index is 0.0408. The Bertz CT molecular complexity index is 1490. The molecule has 3 aromatic rings. The van der Waals surface area contributed by atoms with Crippen molar-refractivity contribution in [3.63, 3.8) is 0 Å². The van der Waals surface area contributed by atoms with Gasteiger partial charge < -0.3 is 74.4 Å². The van der Waals surface area contributed by atoms with Gasteiger partial charge in [0.05, 0.1) is 13.2 Å². The second kappa shape index (κ2) is 12.2. The molecule has 0 spiro atoms. The highest BCUT2D eigenvalue weighted by Gasteiger charge is 2.51. The molecule has 0 saturated carbocycles. The predicted molar refractivity (Wildman–Crippen MR) is 140 cm³/mol. The number of hydrogen-bond donors (Lipinski definition) is 10. The van der Waals surface area contributed by atoms with Gasteiger partial charge in [0.15, 0.2) is 29.2 Å². The smallest absolute Gasteiger partial charge is 0.229 e. The minimum atomic E-state index is -1.84. The number of aromatic hydroxyl groups is 3. The monoisotopic (exact) mass is 610 g/mol. The van der Waals surface area contributed by atoms with Crippen molar-refractivity contribution in [1.82, 2.24) is 0 Å². The third kappa shape index (κ3) is 5.73. The van der Waals surface area contributed by atoms with E-state index in [1.807, 2.05) is 0 Å². The second-order valence-electron chi connectivity index (χ2n) is 10.1. The lowest BCUT2D eigenvalue weighted by molar-refractivity contribution is -0.357. The van der Waals surface area contributed by atoms with Crippen LogP contribution in [0, 0.1) is 0 Å². The topological polar surface area (TPSA) is 269 Å². The summed E-state index contributed by atoms with van der Waals surface area (Å²) in [6.07, 6.45) is -16.2. The molecule has 16 nitrogen and oxygen atoms in total. The van der Waals surface area contributed by atoms with Gasteiger partial charge in [0.2, 0.25) is 12.0 Å². The zero-order chi connectivity index (χ0) is 31.2. The Kier molecular flexibility index (Phi) is 8.77. The van der Waals surface area contributed by atoms with Crippen LogP contribution in [0.5, 0.6) is 23.0 Å². The van der Waals surface area contributed by atoms with E-state index in [0.29, 0.717) is 5.56 Å². The highest BCUT2D eigenvalue weighted by Crippen LogP contribution is 2.39. The molecule has 0 radical (unpaired) electrons. The third-order valence-electron chi connectivity index (χ3n) is 7.29. The average molecular weight is 611 g/mol. The van der Waals surface area contributed by atoms with Gasteiger partial charge in [-0.25, -0.2) is 0 Å². The summed E-state index contributed by atoms with van der Waals surface area (Å²) < 4.78 is 27.9. The van der Waals surface area contributed by atoms with Crippen molar-refractivity contribution in [2.75, 3.05) is 13.2 Å². The predicted octanol–water partition coefficient (Wildman–Crippen LogP) is -2.42. The summed E-state index contributed by atoms with van der Waals surface area (Å²) in [6.45, 7) is -1.46. The summed E-state index contributed by atoms with van der Waals surface area (Å²) in [5.74, 6) is -1.99. The molecule has 2 fully saturated rings. The van der Waals surface area contributed by atoms with Gasteiger partial charge in [0.1, 0.15) is 65.4 Å². The molecule has 2 aliphatic heterocycles. The van der Waals surface area contributed by atoms with Crippen LogP contribution in [-0.2, 0) is 14.2 Å². The maximum Gasteiger partial charge on any atom is 0.229 e. The zero-order valence-corrected chi connectivity index (χ0v) is 22.1. The molecule has 0 unspecified atom stereocenters. The Morgan fingerprint density at radius 1 is 0.721 bits per heavy atom. The number of phenols is 3. The molecule has 3 heterocycles. The molecule has 0 amide bonds. The molecule has 2 saturated heterocycles. The highest BCUT2D eigenvalue weighted by atomic mass is 16.8. The maximum atomic E-state index is 12.6. The number of benzene rings is 2. The fourth-order valence-corrected chi connectivity index (χ4v) is 4.89. The lowest BCUT2D eigenvalue weighted by Crippen LogP contribution is -2.65. The van der Waals surface area contributed by atoms with Crippen LogP contribution in [0.4, 0.5) is 0 Å². The van der Waals surface area contributed by atoms with Crippen molar-refractivity contribution in [2.45, 2.75) is 61.4 Å². The second-order valence-corrected chi connectivity index (χ2v) is 10.1. The number of fused-ring (bicyclic) bond motifs is 1. The van der Waals surface area contributed by atoms with Crippen LogP contribution >= 0.6 is 0 Å². The van der Waals surface area contributed by atoms with E-state index >= 15 is 0 Å². The molecule has 10 N–H and O–H groups in total. The molecule has 0 bridgehead atoms. The Hall–Kier alpha value is -3.55. The number of phenolic OH excluding ortho intramolecular Hbond substituents is 3. The number of hydrogen-bond acceptors (Lipinski definition) is 16. The maximum absolute atomic E-state index is 12.6. The average Bonchev–Trinajstić information content (AvgIpc) is 2.99. The number of ether oxygens (including phenoxy) is 4. The Labute approximate surface area is 241 Å². The summed E-state index contributed by atoms with van der Waals surface area (Å²) >= 11 is 0. The molecule has 5 rings (SSSR count). The first kappa shape index (κ1) is 30.9. The van der Waals surface area contributed by atoms with Crippen molar-refractivity contribution < 1.29 is 74.4 Å². The fourth-order valence-electron chi connectivity index (χ4n) is 4.89. The van der Waals surface area contributed by atoms with E-state index in [2.05, 4.69) is 0 Å². The molecule has 0 aliphatic carbocycles. The van der Waals surface area contributed by atoms with Gasteiger partial charge in [0, 0.05) is 17.7 Å². The van der Waals surface area contributed by atoms with Gasteiger partial charge in [-0.1, -0.05) is 0 Å². The molecular weight excluding hydrogens is 580 g/mol. The minimum Gasteiger partial charge on any atom is -0.507 e. The van der Waals surface area contributed by atoms with Crippen LogP contribution < -0.4 is 10.2 Å². The Morgan fingerprint density at radius 2 is 1.33 bits per heavy atom. The van der Waals surface area contributed by atoms with Gasteiger partial charge >= 0.3 is 0 Å². The van der Waals surface area contributed by atoms with Crippen LogP contribution in [0.1, 0.15) is 0 Å². The van der Waals surface area contributed by atoms with E-state index in [-0.39, 0.29) is 16.9 Å². The number of rotatable bonds is 7. The molecule has 2 aromatic carbocycles. The van der Waals surface area contributed by atoms with E-state index < -0.39 is 103 Å². The van der Waals surface area contributed by atoms with Gasteiger partial charge in [-0.2, -0.15) is 0 Å². The molecule has 16 heteroatoms. The Morgan fingerprint density at radius 3 is 1.95 bits per heavy atom. The van der Waals surface area contributed by atoms with Crippen molar-refractivity contribution in [3.05, 3.63) is 46.6 Å². The van der Waals surface area contributed by atoms with Crippen molar-refractivity contribution in [1.29, 1.82) is 0 Å².